The molecule has 43 heavy (non-hydrogen) atoms. The van der Waals surface area contributed by atoms with Gasteiger partial charge in [-0.05, 0) is 43.7 Å². The summed E-state index contributed by atoms with van der Waals surface area (Å²) >= 11 is 0. The number of alkyl halides is 5. The van der Waals surface area contributed by atoms with Gasteiger partial charge in [0.15, 0.2) is 5.69 Å². The van der Waals surface area contributed by atoms with Crippen LogP contribution in [0.4, 0.5) is 26.7 Å². The summed E-state index contributed by atoms with van der Waals surface area (Å²) in [5.41, 5.74) is -0.512. The molecule has 232 valence electrons. The number of halogens is 5. The zero-order valence-electron chi connectivity index (χ0n) is 22.9. The van der Waals surface area contributed by atoms with Crippen LogP contribution in [-0.2, 0) is 10.3 Å². The molecule has 0 aromatic carbocycles. The van der Waals surface area contributed by atoms with Gasteiger partial charge in [0, 0.05) is 26.1 Å². The van der Waals surface area contributed by atoms with E-state index in [1.54, 1.807) is 0 Å². The lowest BCUT2D eigenvalue weighted by Gasteiger charge is -2.43. The standard InChI is InChI=1S/C25H28F5N9O4/c1-13-18(37-43-36-13)20(40)35-19(14-2-4-24(26,27)5-3-14)15-11-39-21(32-15)33-16(10-31-39)23(6-8-42-9-7-23)38-12-17(25(28,29)30)34-22(38)41/h10-11,14,17,19H,2-9,12H2,1H3,(H,34,41)(H,35,40)/t17-,19-/m0/s1. The topological polar surface area (TPSA) is 153 Å². The van der Waals surface area contributed by atoms with Gasteiger partial charge in [-0.2, -0.15) is 18.3 Å². The Hall–Kier alpha value is -3.96. The molecule has 0 bridgehead atoms. The van der Waals surface area contributed by atoms with Gasteiger partial charge in [-0.25, -0.2) is 32.7 Å². The number of hydrogen-bond donors (Lipinski definition) is 2. The third-order valence-electron chi connectivity index (χ3n) is 8.54. The number of aryl methyl sites for hydroxylation is 1. The van der Waals surface area contributed by atoms with Crippen molar-refractivity contribution in [3.8, 4) is 0 Å². The van der Waals surface area contributed by atoms with Crippen molar-refractivity contribution in [3.63, 3.8) is 0 Å². The first-order valence-electron chi connectivity index (χ1n) is 13.8. The van der Waals surface area contributed by atoms with Crippen LogP contribution >= 0.6 is 0 Å². The fraction of sp³-hybridized carbons (Fsp3) is 0.640. The molecule has 2 N–H and O–H groups in total. The first-order chi connectivity index (χ1) is 20.4. The van der Waals surface area contributed by atoms with Crippen molar-refractivity contribution in [2.45, 2.75) is 75.2 Å². The highest BCUT2D eigenvalue weighted by molar-refractivity contribution is 5.93. The van der Waals surface area contributed by atoms with Crippen molar-refractivity contribution >= 4 is 17.7 Å². The minimum atomic E-state index is -4.63. The van der Waals surface area contributed by atoms with E-state index in [0.717, 1.165) is 4.90 Å². The molecule has 2 saturated heterocycles. The molecular formula is C25H28F5N9O4. The normalized spacial score (nSPS) is 23.3. The van der Waals surface area contributed by atoms with Crippen molar-refractivity contribution in [3.05, 3.63) is 35.2 Å². The second-order valence-corrected chi connectivity index (χ2v) is 11.2. The molecule has 0 unspecified atom stereocenters. The number of nitrogens with one attached hydrogen (secondary N) is 2. The van der Waals surface area contributed by atoms with Crippen LogP contribution in [0.1, 0.15) is 72.1 Å². The third-order valence-corrected chi connectivity index (χ3v) is 8.54. The Morgan fingerprint density at radius 1 is 1.14 bits per heavy atom. The second-order valence-electron chi connectivity index (χ2n) is 11.2. The van der Waals surface area contributed by atoms with Crippen LogP contribution in [0.2, 0.25) is 0 Å². The number of hydrogen-bond acceptors (Lipinski definition) is 9. The monoisotopic (exact) mass is 613 g/mol. The zero-order chi connectivity index (χ0) is 30.6. The number of nitrogens with zero attached hydrogens (tertiary/aromatic N) is 7. The van der Waals surface area contributed by atoms with Gasteiger partial charge in [-0.3, -0.25) is 4.79 Å². The Morgan fingerprint density at radius 3 is 2.49 bits per heavy atom. The maximum Gasteiger partial charge on any atom is 0.410 e. The number of imidazole rings is 1. The van der Waals surface area contributed by atoms with Crippen molar-refractivity contribution in [1.29, 1.82) is 0 Å². The smallest absolute Gasteiger partial charge is 0.381 e. The van der Waals surface area contributed by atoms with Gasteiger partial charge in [0.1, 0.15) is 11.7 Å². The molecule has 3 aromatic rings. The van der Waals surface area contributed by atoms with E-state index in [4.69, 9.17) is 4.74 Å². The molecule has 18 heteroatoms. The summed E-state index contributed by atoms with van der Waals surface area (Å²) in [6.07, 6.45) is -1.87. The van der Waals surface area contributed by atoms with Crippen molar-refractivity contribution in [2.75, 3.05) is 19.8 Å². The highest BCUT2D eigenvalue weighted by Gasteiger charge is 2.54. The van der Waals surface area contributed by atoms with E-state index < -0.39 is 54.1 Å². The van der Waals surface area contributed by atoms with E-state index in [9.17, 15) is 31.5 Å². The summed E-state index contributed by atoms with van der Waals surface area (Å²) in [5, 5.41) is 16.5. The van der Waals surface area contributed by atoms with E-state index in [-0.39, 0.29) is 74.6 Å². The quantitative estimate of drug-likeness (QED) is 0.400. The summed E-state index contributed by atoms with van der Waals surface area (Å²) < 4.78 is 79.9. The Balaban J connectivity index is 1.34. The molecular weight excluding hydrogens is 585 g/mol. The highest BCUT2D eigenvalue weighted by Crippen LogP contribution is 2.42. The molecule has 13 nitrogen and oxygen atoms in total. The molecule has 1 saturated carbocycles. The van der Waals surface area contributed by atoms with Crippen LogP contribution in [0.5, 0.6) is 0 Å². The molecule has 3 aliphatic rings. The van der Waals surface area contributed by atoms with Gasteiger partial charge in [-0.15, -0.1) is 0 Å². The van der Waals surface area contributed by atoms with Gasteiger partial charge in [0.25, 0.3) is 11.7 Å². The SMILES string of the molecule is Cc1nonc1C(=O)N[C@H](c1cn2ncc(C3(N4C[C@@H](C(F)(F)F)NC4=O)CCOCC3)nc2n1)C1CCC(F)(F)CC1. The van der Waals surface area contributed by atoms with E-state index in [1.165, 1.54) is 23.8 Å². The fourth-order valence-electron chi connectivity index (χ4n) is 6.11. The summed E-state index contributed by atoms with van der Waals surface area (Å²) in [4.78, 5) is 36.2. The summed E-state index contributed by atoms with van der Waals surface area (Å²) in [6, 6.07) is -3.73. The van der Waals surface area contributed by atoms with Gasteiger partial charge in [-0.1, -0.05) is 5.16 Å². The van der Waals surface area contributed by atoms with Crippen molar-refractivity contribution < 1.29 is 40.9 Å². The van der Waals surface area contributed by atoms with E-state index in [1.807, 2.05) is 5.32 Å². The number of ether oxygens (including phenoxy) is 1. The van der Waals surface area contributed by atoms with Crippen LogP contribution < -0.4 is 10.6 Å². The summed E-state index contributed by atoms with van der Waals surface area (Å²) in [5.74, 6) is -3.77. The first-order valence-corrected chi connectivity index (χ1v) is 13.8. The Labute approximate surface area is 240 Å². The second kappa shape index (κ2) is 10.6. The van der Waals surface area contributed by atoms with Gasteiger partial charge >= 0.3 is 12.2 Å². The zero-order valence-corrected chi connectivity index (χ0v) is 22.9. The van der Waals surface area contributed by atoms with Crippen LogP contribution in [0.3, 0.4) is 0 Å². The average molecular weight is 614 g/mol. The Morgan fingerprint density at radius 2 is 1.86 bits per heavy atom. The van der Waals surface area contributed by atoms with E-state index in [0.29, 0.717) is 5.69 Å². The number of fused-ring (bicyclic) bond motifs is 1. The predicted molar refractivity (Wildman–Crippen MR) is 134 cm³/mol. The number of aromatic nitrogens is 6. The van der Waals surface area contributed by atoms with E-state index >= 15 is 0 Å². The number of carbonyl (C=O) groups is 2. The summed E-state index contributed by atoms with van der Waals surface area (Å²) in [6.45, 7) is 1.30. The molecule has 3 aromatic heterocycles. The minimum Gasteiger partial charge on any atom is -0.381 e. The molecule has 3 amide bonds. The largest absolute Gasteiger partial charge is 0.410 e. The first kappa shape index (κ1) is 29.1. The fourth-order valence-corrected chi connectivity index (χ4v) is 6.11. The van der Waals surface area contributed by atoms with Crippen molar-refractivity contribution in [1.82, 2.24) is 45.4 Å². The van der Waals surface area contributed by atoms with E-state index in [2.05, 4.69) is 35.3 Å². The Bertz CT molecular complexity index is 1510. The van der Waals surface area contributed by atoms with Gasteiger partial charge in [0.2, 0.25) is 5.92 Å². The van der Waals surface area contributed by atoms with Crippen LogP contribution in [-0.4, -0.2) is 84.6 Å². The molecule has 2 atom stereocenters. The molecule has 3 fully saturated rings. The maximum atomic E-state index is 14.0. The van der Waals surface area contributed by atoms with Crippen LogP contribution in [0.15, 0.2) is 17.0 Å². The maximum absolute atomic E-state index is 14.0. The molecule has 6 rings (SSSR count). The number of carbonyl (C=O) groups excluding carboxylic acids is 2. The van der Waals surface area contributed by atoms with Crippen LogP contribution in [0.25, 0.3) is 5.78 Å². The minimum absolute atomic E-state index is 0.0593. The lowest BCUT2D eigenvalue weighted by Crippen LogP contribution is -2.52. The molecule has 2 aliphatic heterocycles. The number of rotatable bonds is 6. The van der Waals surface area contributed by atoms with Crippen molar-refractivity contribution in [2.24, 2.45) is 5.92 Å². The molecule has 0 spiro atoms. The summed E-state index contributed by atoms with van der Waals surface area (Å²) in [7, 11) is 0. The Kier molecular flexibility index (Phi) is 7.21. The third kappa shape index (κ3) is 5.47. The number of amides is 3. The van der Waals surface area contributed by atoms with Gasteiger partial charge < -0.3 is 20.3 Å². The van der Waals surface area contributed by atoms with Gasteiger partial charge in [0.05, 0.1) is 41.9 Å². The molecule has 0 radical (unpaired) electrons. The lowest BCUT2D eigenvalue weighted by atomic mass is 9.81. The average Bonchev–Trinajstić information content (AvgIpc) is 3.69. The number of urea groups is 1. The lowest BCUT2D eigenvalue weighted by molar-refractivity contribution is -0.151. The molecule has 1 aliphatic carbocycles. The highest BCUT2D eigenvalue weighted by atomic mass is 19.4. The molecule has 5 heterocycles. The predicted octanol–water partition coefficient (Wildman–Crippen LogP) is 3.07. The van der Waals surface area contributed by atoms with Crippen LogP contribution in [0, 0.1) is 12.8 Å².